The van der Waals surface area contributed by atoms with Crippen LogP contribution in [0.4, 0.5) is 0 Å². The smallest absolute Gasteiger partial charge is 0.0351 e. The molecule has 0 rings (SSSR count). The van der Waals surface area contributed by atoms with Crippen molar-refractivity contribution < 1.29 is 0 Å². The third-order valence-corrected chi connectivity index (χ3v) is 3.91. The second kappa shape index (κ2) is 14.8. The maximum atomic E-state index is 2.41. The molecule has 0 bridgehead atoms. The van der Waals surface area contributed by atoms with Crippen molar-refractivity contribution in [2.24, 2.45) is 5.92 Å². The van der Waals surface area contributed by atoms with Crippen LogP contribution in [-0.4, -0.2) is 0 Å². The molecule has 1 atom stereocenters. The molecule has 0 aromatic carbocycles. The summed E-state index contributed by atoms with van der Waals surface area (Å²) < 4.78 is 0. The van der Waals surface area contributed by atoms with Crippen LogP contribution >= 0.6 is 0 Å². The summed E-state index contributed by atoms with van der Waals surface area (Å²) in [6.07, 6.45) is 21.5. The molecule has 0 aliphatic heterocycles. The highest BCUT2D eigenvalue weighted by Gasteiger charge is 1.96. The van der Waals surface area contributed by atoms with Crippen LogP contribution in [0, 0.1) is 5.92 Å². The van der Waals surface area contributed by atoms with Gasteiger partial charge in [-0.1, -0.05) is 84.3 Å². The molecule has 0 aromatic rings. The monoisotopic (exact) mass is 252 g/mol. The van der Waals surface area contributed by atoms with Gasteiger partial charge < -0.3 is 0 Å². The van der Waals surface area contributed by atoms with Crippen molar-refractivity contribution in [3.63, 3.8) is 0 Å². The highest BCUT2D eigenvalue weighted by atomic mass is 14.0. The van der Waals surface area contributed by atoms with Gasteiger partial charge in [0.15, 0.2) is 0 Å². The number of rotatable bonds is 13. The standard InChI is InChI=1S/C18H36/c1-4-6-7-8-9-10-11-12-13-14-15-16-17-18(3)5-2/h13-14,18H,4-12,15-17H2,1-3H3/b14-13+. The topological polar surface area (TPSA) is 0 Å². The van der Waals surface area contributed by atoms with Crippen LogP contribution in [0.25, 0.3) is 0 Å². The molecular formula is C18H36. The molecule has 108 valence electrons. The van der Waals surface area contributed by atoms with Crippen molar-refractivity contribution >= 4 is 0 Å². The average molecular weight is 252 g/mol. The van der Waals surface area contributed by atoms with Gasteiger partial charge >= 0.3 is 0 Å². The fourth-order valence-electron chi connectivity index (χ4n) is 2.24. The van der Waals surface area contributed by atoms with E-state index in [1.807, 2.05) is 0 Å². The zero-order chi connectivity index (χ0) is 13.5. The Morgan fingerprint density at radius 2 is 1.28 bits per heavy atom. The van der Waals surface area contributed by atoms with Crippen molar-refractivity contribution in [3.05, 3.63) is 12.2 Å². The molecule has 0 amide bonds. The fourth-order valence-corrected chi connectivity index (χ4v) is 2.24. The Labute approximate surface area is 116 Å². The molecular weight excluding hydrogens is 216 g/mol. The minimum Gasteiger partial charge on any atom is -0.0885 e. The van der Waals surface area contributed by atoms with Crippen LogP contribution in [0.1, 0.15) is 97.8 Å². The van der Waals surface area contributed by atoms with Gasteiger partial charge in [-0.15, -0.1) is 0 Å². The van der Waals surface area contributed by atoms with E-state index in [2.05, 4.69) is 32.9 Å². The summed E-state index contributed by atoms with van der Waals surface area (Å²) in [4.78, 5) is 0. The summed E-state index contributed by atoms with van der Waals surface area (Å²) in [5, 5.41) is 0. The van der Waals surface area contributed by atoms with Gasteiger partial charge in [-0.05, 0) is 31.6 Å². The van der Waals surface area contributed by atoms with Crippen molar-refractivity contribution in [1.29, 1.82) is 0 Å². The maximum Gasteiger partial charge on any atom is -0.0351 e. The van der Waals surface area contributed by atoms with Crippen LogP contribution in [0.5, 0.6) is 0 Å². The zero-order valence-corrected chi connectivity index (χ0v) is 13.2. The summed E-state index contributed by atoms with van der Waals surface area (Å²) in [5.74, 6) is 0.918. The molecule has 0 aromatic heterocycles. The van der Waals surface area contributed by atoms with Gasteiger partial charge in [0, 0.05) is 0 Å². The van der Waals surface area contributed by atoms with Gasteiger partial charge in [-0.25, -0.2) is 0 Å². The molecule has 0 nitrogen and oxygen atoms in total. The van der Waals surface area contributed by atoms with E-state index in [9.17, 15) is 0 Å². The van der Waals surface area contributed by atoms with E-state index in [1.54, 1.807) is 0 Å². The Hall–Kier alpha value is -0.260. The minimum absolute atomic E-state index is 0.918. The Bertz CT molecular complexity index is 169. The van der Waals surface area contributed by atoms with Crippen LogP contribution < -0.4 is 0 Å². The Morgan fingerprint density at radius 1 is 0.722 bits per heavy atom. The molecule has 0 radical (unpaired) electrons. The molecule has 0 aliphatic rings. The van der Waals surface area contributed by atoms with Crippen molar-refractivity contribution in [2.45, 2.75) is 97.8 Å². The molecule has 0 heteroatoms. The molecule has 0 saturated heterocycles. The number of unbranched alkanes of at least 4 members (excludes halogenated alkanes) is 8. The van der Waals surface area contributed by atoms with Crippen LogP contribution in [0.15, 0.2) is 12.2 Å². The first-order valence-electron chi connectivity index (χ1n) is 8.46. The fraction of sp³-hybridized carbons (Fsp3) is 0.889. The summed E-state index contributed by atoms with van der Waals surface area (Å²) >= 11 is 0. The SMILES string of the molecule is CCCCCCCCC/C=C/CCCC(C)CC. The molecule has 0 saturated carbocycles. The van der Waals surface area contributed by atoms with E-state index in [4.69, 9.17) is 0 Å². The first-order chi connectivity index (χ1) is 8.81. The zero-order valence-electron chi connectivity index (χ0n) is 13.2. The number of allylic oxidation sites excluding steroid dienone is 2. The van der Waals surface area contributed by atoms with Gasteiger partial charge in [0.25, 0.3) is 0 Å². The van der Waals surface area contributed by atoms with E-state index in [0.717, 1.165) is 5.92 Å². The van der Waals surface area contributed by atoms with Crippen molar-refractivity contribution in [1.82, 2.24) is 0 Å². The predicted octanol–water partition coefficient (Wildman–Crippen LogP) is 6.90. The van der Waals surface area contributed by atoms with Crippen LogP contribution in [0.2, 0.25) is 0 Å². The highest BCUT2D eigenvalue weighted by molar-refractivity contribution is 4.81. The molecule has 0 heterocycles. The Kier molecular flexibility index (Phi) is 14.6. The lowest BCUT2D eigenvalue weighted by Crippen LogP contribution is -1.90. The van der Waals surface area contributed by atoms with Gasteiger partial charge in [-0.3, -0.25) is 0 Å². The first-order valence-corrected chi connectivity index (χ1v) is 8.46. The third-order valence-electron chi connectivity index (χ3n) is 3.91. The molecule has 0 aliphatic carbocycles. The lowest BCUT2D eigenvalue weighted by Gasteiger charge is -2.05. The lowest BCUT2D eigenvalue weighted by atomic mass is 10.0. The van der Waals surface area contributed by atoms with Gasteiger partial charge in [-0.2, -0.15) is 0 Å². The maximum absolute atomic E-state index is 2.41. The normalized spacial score (nSPS) is 13.3. The van der Waals surface area contributed by atoms with E-state index in [-0.39, 0.29) is 0 Å². The third kappa shape index (κ3) is 13.8. The minimum atomic E-state index is 0.918. The van der Waals surface area contributed by atoms with E-state index < -0.39 is 0 Å². The lowest BCUT2D eigenvalue weighted by molar-refractivity contribution is 0.498. The van der Waals surface area contributed by atoms with Gasteiger partial charge in [0.05, 0.1) is 0 Å². The molecule has 18 heavy (non-hydrogen) atoms. The summed E-state index contributed by atoms with van der Waals surface area (Å²) in [6, 6.07) is 0. The van der Waals surface area contributed by atoms with Crippen LogP contribution in [-0.2, 0) is 0 Å². The molecule has 0 N–H and O–H groups in total. The van der Waals surface area contributed by atoms with E-state index >= 15 is 0 Å². The van der Waals surface area contributed by atoms with Crippen LogP contribution in [0.3, 0.4) is 0 Å². The quantitative estimate of drug-likeness (QED) is 0.247. The van der Waals surface area contributed by atoms with E-state index in [0.29, 0.717) is 0 Å². The van der Waals surface area contributed by atoms with E-state index in [1.165, 1.54) is 77.0 Å². The molecule has 1 unspecified atom stereocenters. The van der Waals surface area contributed by atoms with Gasteiger partial charge in [0.2, 0.25) is 0 Å². The molecule has 0 fully saturated rings. The second-order valence-corrected chi connectivity index (χ2v) is 5.83. The second-order valence-electron chi connectivity index (χ2n) is 5.83. The number of hydrogen-bond donors (Lipinski definition) is 0. The largest absolute Gasteiger partial charge is 0.0885 e. The van der Waals surface area contributed by atoms with Crippen molar-refractivity contribution in [2.75, 3.05) is 0 Å². The van der Waals surface area contributed by atoms with Gasteiger partial charge in [0.1, 0.15) is 0 Å². The first kappa shape index (κ1) is 17.7. The number of hydrogen-bond acceptors (Lipinski definition) is 0. The average Bonchev–Trinajstić information content (AvgIpc) is 2.39. The Balaban J connectivity index is 3.09. The highest BCUT2D eigenvalue weighted by Crippen LogP contribution is 2.12. The predicted molar refractivity (Wildman–Crippen MR) is 85.1 cm³/mol. The van der Waals surface area contributed by atoms with Crippen molar-refractivity contribution in [3.8, 4) is 0 Å². The molecule has 0 spiro atoms. The summed E-state index contributed by atoms with van der Waals surface area (Å²) in [6.45, 7) is 6.94. The summed E-state index contributed by atoms with van der Waals surface area (Å²) in [7, 11) is 0. The summed E-state index contributed by atoms with van der Waals surface area (Å²) in [5.41, 5.74) is 0. The Morgan fingerprint density at radius 3 is 1.89 bits per heavy atom.